The first kappa shape index (κ1) is 14.2. The summed E-state index contributed by atoms with van der Waals surface area (Å²) in [7, 11) is 0. The Bertz CT molecular complexity index is 378. The Morgan fingerprint density at radius 1 is 1.26 bits per heavy atom. The van der Waals surface area contributed by atoms with Gasteiger partial charge in [-0.15, -0.1) is 0 Å². The van der Waals surface area contributed by atoms with Crippen LogP contribution < -0.4 is 10.2 Å². The zero-order valence-corrected chi connectivity index (χ0v) is 12.3. The van der Waals surface area contributed by atoms with Crippen LogP contribution in [0.1, 0.15) is 26.5 Å². The lowest BCUT2D eigenvalue weighted by atomic mass is 10.2. The van der Waals surface area contributed by atoms with Crippen LogP contribution in [-0.4, -0.2) is 53.6 Å². The van der Waals surface area contributed by atoms with Gasteiger partial charge in [-0.1, -0.05) is 13.8 Å². The number of hydrogen-bond acceptors (Lipinski definition) is 5. The summed E-state index contributed by atoms with van der Waals surface area (Å²) in [4.78, 5) is 13.9. The molecule has 19 heavy (non-hydrogen) atoms. The number of aromatic nitrogens is 2. The molecule has 0 spiro atoms. The van der Waals surface area contributed by atoms with Gasteiger partial charge >= 0.3 is 0 Å². The van der Waals surface area contributed by atoms with E-state index in [4.69, 9.17) is 0 Å². The lowest BCUT2D eigenvalue weighted by Gasteiger charge is -2.39. The van der Waals surface area contributed by atoms with Crippen LogP contribution in [0.5, 0.6) is 0 Å². The van der Waals surface area contributed by atoms with Crippen LogP contribution >= 0.6 is 0 Å². The first-order chi connectivity index (χ1) is 9.24. The van der Waals surface area contributed by atoms with Gasteiger partial charge in [0.15, 0.2) is 0 Å². The molecule has 5 nitrogen and oxygen atoms in total. The van der Waals surface area contributed by atoms with Gasteiger partial charge in [0.05, 0.1) is 18.1 Å². The Morgan fingerprint density at radius 3 is 2.68 bits per heavy atom. The molecular formula is C14H25N5. The van der Waals surface area contributed by atoms with Crippen molar-refractivity contribution in [2.24, 2.45) is 0 Å². The van der Waals surface area contributed by atoms with Crippen LogP contribution in [0.15, 0.2) is 12.4 Å². The number of nitrogens with one attached hydrogen (secondary N) is 1. The number of likely N-dealkylation sites (N-methyl/N-ethyl adjacent to an activating group) is 1. The van der Waals surface area contributed by atoms with E-state index in [0.29, 0.717) is 6.04 Å². The summed E-state index contributed by atoms with van der Waals surface area (Å²) < 4.78 is 0. The van der Waals surface area contributed by atoms with Gasteiger partial charge in [0.1, 0.15) is 5.82 Å². The maximum atomic E-state index is 4.55. The Labute approximate surface area is 116 Å². The van der Waals surface area contributed by atoms with Crippen molar-refractivity contribution in [3.63, 3.8) is 0 Å². The highest BCUT2D eigenvalue weighted by atomic mass is 15.3. The van der Waals surface area contributed by atoms with Crippen LogP contribution in [0.3, 0.4) is 0 Å². The zero-order valence-electron chi connectivity index (χ0n) is 12.3. The highest BCUT2D eigenvalue weighted by molar-refractivity contribution is 5.36. The standard InChI is InChI=1S/C14H25N5/c1-4-15-8-13-9-17-14(10-16-13)19-7-6-18(5-2)12(3)11-19/h9-10,12,15H,4-8,11H2,1-3H3. The van der Waals surface area contributed by atoms with E-state index in [0.717, 1.165) is 50.8 Å². The monoisotopic (exact) mass is 263 g/mol. The molecule has 0 aromatic carbocycles. The molecule has 1 unspecified atom stereocenters. The van der Waals surface area contributed by atoms with Crippen LogP contribution in [-0.2, 0) is 6.54 Å². The molecule has 2 heterocycles. The second kappa shape index (κ2) is 6.82. The van der Waals surface area contributed by atoms with Gasteiger partial charge in [0.25, 0.3) is 0 Å². The minimum absolute atomic E-state index is 0.585. The van der Waals surface area contributed by atoms with Crippen molar-refractivity contribution in [2.45, 2.75) is 33.4 Å². The summed E-state index contributed by atoms with van der Waals surface area (Å²) in [5.74, 6) is 1.00. The average molecular weight is 263 g/mol. The molecular weight excluding hydrogens is 238 g/mol. The third-order valence-electron chi connectivity index (χ3n) is 3.74. The fourth-order valence-electron chi connectivity index (χ4n) is 2.53. The second-order valence-electron chi connectivity index (χ2n) is 5.07. The molecule has 2 rings (SSSR count). The summed E-state index contributed by atoms with van der Waals surface area (Å²) in [5.41, 5.74) is 1.01. The largest absolute Gasteiger partial charge is 0.353 e. The summed E-state index contributed by atoms with van der Waals surface area (Å²) in [6.45, 7) is 12.7. The molecule has 1 aromatic rings. The maximum absolute atomic E-state index is 4.55. The topological polar surface area (TPSA) is 44.3 Å². The van der Waals surface area contributed by atoms with E-state index in [-0.39, 0.29) is 0 Å². The second-order valence-corrected chi connectivity index (χ2v) is 5.07. The van der Waals surface area contributed by atoms with E-state index in [1.54, 1.807) is 0 Å². The Kier molecular flexibility index (Phi) is 5.10. The highest BCUT2D eigenvalue weighted by Crippen LogP contribution is 2.15. The fraction of sp³-hybridized carbons (Fsp3) is 0.714. The fourth-order valence-corrected chi connectivity index (χ4v) is 2.53. The van der Waals surface area contributed by atoms with E-state index in [1.165, 1.54) is 0 Å². The number of hydrogen-bond donors (Lipinski definition) is 1. The molecule has 1 aliphatic rings. The maximum Gasteiger partial charge on any atom is 0.147 e. The van der Waals surface area contributed by atoms with Crippen molar-refractivity contribution in [3.05, 3.63) is 18.1 Å². The van der Waals surface area contributed by atoms with Gasteiger partial charge in [-0.3, -0.25) is 9.88 Å². The van der Waals surface area contributed by atoms with Crippen molar-refractivity contribution < 1.29 is 0 Å². The van der Waals surface area contributed by atoms with Crippen molar-refractivity contribution in [2.75, 3.05) is 37.6 Å². The van der Waals surface area contributed by atoms with Gasteiger partial charge in [-0.05, 0) is 20.0 Å². The van der Waals surface area contributed by atoms with Crippen molar-refractivity contribution in [1.82, 2.24) is 20.2 Å². The first-order valence-electron chi connectivity index (χ1n) is 7.25. The SMILES string of the molecule is CCNCc1cnc(N2CCN(CC)C(C)C2)cn1. The van der Waals surface area contributed by atoms with Crippen LogP contribution in [0, 0.1) is 0 Å². The van der Waals surface area contributed by atoms with Gasteiger partial charge in [-0.2, -0.15) is 0 Å². The van der Waals surface area contributed by atoms with Gasteiger partial charge in [0, 0.05) is 32.2 Å². The first-order valence-corrected chi connectivity index (χ1v) is 7.25. The molecule has 0 radical (unpaired) electrons. The minimum Gasteiger partial charge on any atom is -0.353 e. The molecule has 5 heteroatoms. The molecule has 0 aliphatic carbocycles. The summed E-state index contributed by atoms with van der Waals surface area (Å²) in [6, 6.07) is 0.585. The third-order valence-corrected chi connectivity index (χ3v) is 3.74. The summed E-state index contributed by atoms with van der Waals surface area (Å²) in [6.07, 6.45) is 3.79. The molecule has 0 bridgehead atoms. The van der Waals surface area contributed by atoms with Crippen molar-refractivity contribution in [3.8, 4) is 0 Å². The van der Waals surface area contributed by atoms with Crippen molar-refractivity contribution >= 4 is 5.82 Å². The lowest BCUT2D eigenvalue weighted by molar-refractivity contribution is 0.199. The number of nitrogens with zero attached hydrogens (tertiary/aromatic N) is 4. The Balaban J connectivity index is 1.95. The molecule has 1 aliphatic heterocycles. The van der Waals surface area contributed by atoms with Crippen LogP contribution in [0.25, 0.3) is 0 Å². The third kappa shape index (κ3) is 3.64. The molecule has 1 aromatic heterocycles. The van der Waals surface area contributed by atoms with E-state index in [9.17, 15) is 0 Å². The summed E-state index contributed by atoms with van der Waals surface area (Å²) in [5, 5.41) is 3.26. The average Bonchev–Trinajstić information content (AvgIpc) is 2.45. The van der Waals surface area contributed by atoms with E-state index < -0.39 is 0 Å². The van der Waals surface area contributed by atoms with Gasteiger partial charge < -0.3 is 10.2 Å². The van der Waals surface area contributed by atoms with Crippen LogP contribution in [0.2, 0.25) is 0 Å². The zero-order chi connectivity index (χ0) is 13.7. The molecule has 1 atom stereocenters. The van der Waals surface area contributed by atoms with Crippen molar-refractivity contribution in [1.29, 1.82) is 0 Å². The van der Waals surface area contributed by atoms with Gasteiger partial charge in [0.2, 0.25) is 0 Å². The van der Waals surface area contributed by atoms with E-state index in [2.05, 4.69) is 45.9 Å². The number of anilines is 1. The highest BCUT2D eigenvalue weighted by Gasteiger charge is 2.23. The van der Waals surface area contributed by atoms with E-state index in [1.807, 2.05) is 12.4 Å². The molecule has 1 N–H and O–H groups in total. The molecule has 0 amide bonds. The van der Waals surface area contributed by atoms with E-state index >= 15 is 0 Å². The molecule has 0 saturated carbocycles. The summed E-state index contributed by atoms with van der Waals surface area (Å²) >= 11 is 0. The smallest absolute Gasteiger partial charge is 0.147 e. The minimum atomic E-state index is 0.585. The Hall–Kier alpha value is -1.20. The number of rotatable bonds is 5. The predicted octanol–water partition coefficient (Wildman–Crippen LogP) is 1.12. The van der Waals surface area contributed by atoms with Crippen LogP contribution in [0.4, 0.5) is 5.82 Å². The lowest BCUT2D eigenvalue weighted by Crippen LogP contribution is -2.52. The molecule has 1 fully saturated rings. The molecule has 1 saturated heterocycles. The normalized spacial score (nSPS) is 20.8. The Morgan fingerprint density at radius 2 is 2.11 bits per heavy atom. The number of piperazine rings is 1. The van der Waals surface area contributed by atoms with Gasteiger partial charge in [-0.25, -0.2) is 4.98 Å². The molecule has 106 valence electrons. The quantitative estimate of drug-likeness (QED) is 0.862. The predicted molar refractivity (Wildman–Crippen MR) is 78.3 cm³/mol.